The van der Waals surface area contributed by atoms with Crippen molar-refractivity contribution >= 4 is 51.0 Å². The van der Waals surface area contributed by atoms with Crippen molar-refractivity contribution in [1.82, 2.24) is 20.1 Å². The molecule has 2 aliphatic heterocycles. The Kier molecular flexibility index (Phi) is 11.5. The number of nitrogens with one attached hydrogen (secondary N) is 1. The molecule has 0 aliphatic carbocycles. The lowest BCUT2D eigenvalue weighted by atomic mass is 9.71. The molecule has 11 nitrogen and oxygen atoms in total. The van der Waals surface area contributed by atoms with Crippen LogP contribution >= 0.6 is 23.2 Å². The van der Waals surface area contributed by atoms with E-state index in [1.54, 1.807) is 28.1 Å². The SMILES string of the molecule is CCOc1cc(C(C)(C)C)ncc1C1=N[C@@](C)(c2ccc(Cl)cc2)[C@@](C)(c2ccc(Cl)cc2)N1C(=O)N1CCC(OC(=O)NCCS(C)(=O)=O)CC1. The molecule has 2 aromatic carbocycles. The number of nitrogens with zero attached hydrogens (tertiary/aromatic N) is 4. The van der Waals surface area contributed by atoms with E-state index in [1.165, 1.54) is 0 Å². The number of urea groups is 1. The van der Waals surface area contributed by atoms with Crippen LogP contribution in [-0.4, -0.2) is 85.5 Å². The van der Waals surface area contributed by atoms with Crippen LogP contribution in [-0.2, 0) is 31.1 Å². The average Bonchev–Trinajstić information content (AvgIpc) is 3.32. The summed E-state index contributed by atoms with van der Waals surface area (Å²) in [5.74, 6) is 0.780. The second-order valence-corrected chi connectivity index (χ2v) is 17.7. The molecule has 1 N–H and O–H groups in total. The van der Waals surface area contributed by atoms with Gasteiger partial charge in [0.2, 0.25) is 0 Å². The number of hydrogen-bond acceptors (Lipinski definition) is 8. The molecule has 0 spiro atoms. The third kappa shape index (κ3) is 8.19. The van der Waals surface area contributed by atoms with Crippen LogP contribution in [0.15, 0.2) is 65.8 Å². The van der Waals surface area contributed by atoms with Crippen LogP contribution in [0.1, 0.15) is 76.8 Å². The Bertz CT molecular complexity index is 1930. The van der Waals surface area contributed by atoms with Crippen molar-refractivity contribution < 1.29 is 27.5 Å². The minimum Gasteiger partial charge on any atom is -0.493 e. The maximum absolute atomic E-state index is 15.2. The Morgan fingerprint density at radius 2 is 1.56 bits per heavy atom. The van der Waals surface area contributed by atoms with Gasteiger partial charge < -0.3 is 19.7 Å². The van der Waals surface area contributed by atoms with Crippen LogP contribution in [0.2, 0.25) is 10.0 Å². The molecule has 0 unspecified atom stereocenters. The van der Waals surface area contributed by atoms with Gasteiger partial charge in [0, 0.05) is 72.1 Å². The van der Waals surface area contributed by atoms with Crippen molar-refractivity contribution in [3.8, 4) is 5.75 Å². The van der Waals surface area contributed by atoms with Gasteiger partial charge in [-0.25, -0.2) is 18.0 Å². The highest BCUT2D eigenvalue weighted by Gasteiger charge is 2.60. The first-order valence-corrected chi connectivity index (χ1v) is 20.2. The van der Waals surface area contributed by atoms with Gasteiger partial charge in [0.1, 0.15) is 38.6 Å². The van der Waals surface area contributed by atoms with Crippen molar-refractivity contribution in [3.05, 3.63) is 93.2 Å². The van der Waals surface area contributed by atoms with Gasteiger partial charge in [-0.05, 0) is 56.2 Å². The smallest absolute Gasteiger partial charge is 0.407 e. The first-order chi connectivity index (χ1) is 24.4. The highest BCUT2D eigenvalue weighted by molar-refractivity contribution is 7.90. The van der Waals surface area contributed by atoms with Crippen molar-refractivity contribution in [2.75, 3.05) is 38.2 Å². The number of alkyl carbamates (subject to hydrolysis) is 1. The van der Waals surface area contributed by atoms with E-state index in [-0.39, 0.29) is 23.7 Å². The molecule has 14 heteroatoms. The fourth-order valence-electron chi connectivity index (χ4n) is 6.70. The van der Waals surface area contributed by atoms with Crippen molar-refractivity contribution in [1.29, 1.82) is 0 Å². The molecule has 1 aromatic heterocycles. The predicted octanol–water partition coefficient (Wildman–Crippen LogP) is 7.33. The van der Waals surface area contributed by atoms with Gasteiger partial charge in [0.25, 0.3) is 0 Å². The minimum absolute atomic E-state index is 0.0446. The van der Waals surface area contributed by atoms with Gasteiger partial charge in [-0.3, -0.25) is 14.9 Å². The van der Waals surface area contributed by atoms with E-state index in [1.807, 2.05) is 63.2 Å². The fraction of sp³-hybridized carbons (Fsp3) is 0.474. The van der Waals surface area contributed by atoms with E-state index in [4.69, 9.17) is 42.7 Å². The molecule has 280 valence electrons. The Balaban J connectivity index is 1.58. The maximum Gasteiger partial charge on any atom is 0.407 e. The first kappa shape index (κ1) is 39.3. The number of amides is 3. The molecule has 3 amide bonds. The summed E-state index contributed by atoms with van der Waals surface area (Å²) in [4.78, 5) is 41.4. The summed E-state index contributed by atoms with van der Waals surface area (Å²) in [5.41, 5.74) is 0.662. The van der Waals surface area contributed by atoms with E-state index in [0.717, 1.165) is 23.1 Å². The fourth-order valence-corrected chi connectivity index (χ4v) is 7.42. The molecule has 2 aliphatic rings. The molecule has 1 saturated heterocycles. The second kappa shape index (κ2) is 15.2. The van der Waals surface area contributed by atoms with Crippen LogP contribution in [0.25, 0.3) is 0 Å². The van der Waals surface area contributed by atoms with Crippen molar-refractivity contribution in [2.45, 2.75) is 77.0 Å². The molecule has 52 heavy (non-hydrogen) atoms. The molecule has 2 atom stereocenters. The average molecular weight is 773 g/mol. The Labute approximate surface area is 316 Å². The number of benzene rings is 2. The molecule has 0 saturated carbocycles. The Morgan fingerprint density at radius 1 is 0.981 bits per heavy atom. The highest BCUT2D eigenvalue weighted by Crippen LogP contribution is 2.54. The van der Waals surface area contributed by atoms with E-state index < -0.39 is 33.1 Å². The zero-order valence-electron chi connectivity index (χ0n) is 30.7. The molecule has 1 fully saturated rings. The summed E-state index contributed by atoms with van der Waals surface area (Å²) in [5, 5.41) is 3.63. The quantitative estimate of drug-likeness (QED) is 0.241. The molecular formula is C38H47Cl2N5O6S. The number of hydrogen-bond donors (Lipinski definition) is 1. The van der Waals surface area contributed by atoms with Gasteiger partial charge >= 0.3 is 12.1 Å². The number of rotatable bonds is 9. The van der Waals surface area contributed by atoms with Gasteiger partial charge in [0.15, 0.2) is 0 Å². The van der Waals surface area contributed by atoms with E-state index in [0.29, 0.717) is 59.7 Å². The Morgan fingerprint density at radius 3 is 2.10 bits per heavy atom. The van der Waals surface area contributed by atoms with Gasteiger partial charge in [0.05, 0.1) is 17.9 Å². The van der Waals surface area contributed by atoms with Crippen LogP contribution in [0.4, 0.5) is 9.59 Å². The lowest BCUT2D eigenvalue weighted by Crippen LogP contribution is -2.59. The zero-order valence-corrected chi connectivity index (χ0v) is 33.0. The van der Waals surface area contributed by atoms with Crippen molar-refractivity contribution in [3.63, 3.8) is 0 Å². The maximum atomic E-state index is 15.2. The molecule has 3 heterocycles. The van der Waals surface area contributed by atoms with Crippen LogP contribution in [0.3, 0.4) is 0 Å². The molecule has 0 radical (unpaired) electrons. The summed E-state index contributed by atoms with van der Waals surface area (Å²) in [6, 6.07) is 16.6. The van der Waals surface area contributed by atoms with E-state index >= 15 is 4.79 Å². The van der Waals surface area contributed by atoms with Gasteiger partial charge in [-0.2, -0.15) is 0 Å². The number of carbonyl (C=O) groups is 2. The molecule has 3 aromatic rings. The third-order valence-corrected chi connectivity index (χ3v) is 11.3. The largest absolute Gasteiger partial charge is 0.493 e. The zero-order chi connectivity index (χ0) is 38.1. The van der Waals surface area contributed by atoms with E-state index in [9.17, 15) is 13.2 Å². The second-order valence-electron chi connectivity index (χ2n) is 14.6. The van der Waals surface area contributed by atoms with Crippen LogP contribution in [0, 0.1) is 0 Å². The molecular weight excluding hydrogens is 725 g/mol. The molecule has 0 bridgehead atoms. The summed E-state index contributed by atoms with van der Waals surface area (Å²) in [7, 11) is -3.23. The number of halogens is 2. The number of amidine groups is 1. The normalized spacial score (nSPS) is 21.1. The number of likely N-dealkylation sites (tertiary alicyclic amines) is 1. The minimum atomic E-state index is -3.23. The number of piperidine rings is 1. The van der Waals surface area contributed by atoms with E-state index in [2.05, 4.69) is 26.1 Å². The number of aromatic nitrogens is 1. The predicted molar refractivity (Wildman–Crippen MR) is 204 cm³/mol. The number of carbonyl (C=O) groups excluding carboxylic acids is 2. The lowest BCUT2D eigenvalue weighted by molar-refractivity contribution is 0.0488. The summed E-state index contributed by atoms with van der Waals surface area (Å²) >= 11 is 12.8. The lowest BCUT2D eigenvalue weighted by Gasteiger charge is -2.47. The molecule has 5 rings (SSSR count). The third-order valence-electron chi connectivity index (χ3n) is 9.84. The Hall–Kier alpha value is -3.87. The number of pyridine rings is 1. The topological polar surface area (TPSA) is 130 Å². The number of sulfone groups is 1. The number of aliphatic imine (C=N–C) groups is 1. The van der Waals surface area contributed by atoms with Crippen molar-refractivity contribution in [2.24, 2.45) is 4.99 Å². The monoisotopic (exact) mass is 771 g/mol. The number of ether oxygens (including phenoxy) is 2. The van der Waals surface area contributed by atoms with Crippen LogP contribution in [0.5, 0.6) is 5.75 Å². The van der Waals surface area contributed by atoms with Crippen LogP contribution < -0.4 is 10.1 Å². The first-order valence-electron chi connectivity index (χ1n) is 17.3. The summed E-state index contributed by atoms with van der Waals surface area (Å²) in [6.45, 7) is 13.1. The summed E-state index contributed by atoms with van der Waals surface area (Å²) < 4.78 is 34.7. The summed E-state index contributed by atoms with van der Waals surface area (Å²) in [6.07, 6.45) is 2.49. The van der Waals surface area contributed by atoms with Gasteiger partial charge in [-0.15, -0.1) is 0 Å². The highest BCUT2D eigenvalue weighted by atomic mass is 35.5. The standard InChI is InChI=1S/C38H47Cl2N5O6S/c1-8-50-31-23-32(36(2,3)4)42-24-30(31)33-43-37(5,25-9-13-27(39)14-10-25)38(6,26-11-15-28(40)16-12-26)45(33)35(47)44-20-17-29(18-21-44)51-34(46)41-19-22-52(7,48)49/h9-16,23-24,29H,8,17-22H2,1-7H3,(H,41,46)/t37-,38+/m0/s1. The van der Waals surface area contributed by atoms with Gasteiger partial charge in [-0.1, -0.05) is 68.2 Å².